The molecule has 3 nitrogen and oxygen atoms in total. The Balaban J connectivity index is 2.15. The molecule has 0 saturated heterocycles. The van der Waals surface area contributed by atoms with Gasteiger partial charge in [0.25, 0.3) is 0 Å². The molecule has 1 aliphatic carbocycles. The van der Waals surface area contributed by atoms with Gasteiger partial charge in [0.05, 0.1) is 17.9 Å². The standard InChI is InChI=1S/C13H16FN3/c1-9-11-7-15-8-12(14)13(11)17(16-9)10-5-3-2-4-6-10/h7-8,10H,2-6H2,1H3. The fourth-order valence-electron chi connectivity index (χ4n) is 2.78. The van der Waals surface area contributed by atoms with Crippen LogP contribution in [0, 0.1) is 12.7 Å². The van der Waals surface area contributed by atoms with E-state index in [1.54, 1.807) is 6.20 Å². The lowest BCUT2D eigenvalue weighted by molar-refractivity contribution is 0.334. The van der Waals surface area contributed by atoms with E-state index in [0.29, 0.717) is 11.6 Å². The minimum atomic E-state index is -0.256. The van der Waals surface area contributed by atoms with Crippen LogP contribution in [0.2, 0.25) is 0 Å². The van der Waals surface area contributed by atoms with Crippen molar-refractivity contribution in [3.8, 4) is 0 Å². The Hall–Kier alpha value is -1.45. The summed E-state index contributed by atoms with van der Waals surface area (Å²) >= 11 is 0. The minimum absolute atomic E-state index is 0.256. The van der Waals surface area contributed by atoms with Crippen LogP contribution in [0.3, 0.4) is 0 Å². The highest BCUT2D eigenvalue weighted by Crippen LogP contribution is 2.32. The van der Waals surface area contributed by atoms with Gasteiger partial charge in [0.1, 0.15) is 5.52 Å². The van der Waals surface area contributed by atoms with Crippen molar-refractivity contribution in [1.29, 1.82) is 0 Å². The van der Waals surface area contributed by atoms with Gasteiger partial charge in [0, 0.05) is 11.6 Å². The second-order valence-corrected chi connectivity index (χ2v) is 4.84. The Bertz CT molecular complexity index is 541. The van der Waals surface area contributed by atoms with E-state index >= 15 is 0 Å². The number of aryl methyl sites for hydroxylation is 1. The van der Waals surface area contributed by atoms with E-state index in [0.717, 1.165) is 23.9 Å². The third-order valence-electron chi connectivity index (χ3n) is 3.67. The largest absolute Gasteiger partial charge is 0.261 e. The maximum Gasteiger partial charge on any atom is 0.167 e. The number of rotatable bonds is 1. The minimum Gasteiger partial charge on any atom is -0.261 e. The zero-order chi connectivity index (χ0) is 11.8. The summed E-state index contributed by atoms with van der Waals surface area (Å²) < 4.78 is 15.8. The molecule has 1 aliphatic rings. The Labute approximate surface area is 99.7 Å². The molecule has 17 heavy (non-hydrogen) atoms. The Kier molecular flexibility index (Phi) is 2.57. The van der Waals surface area contributed by atoms with Crippen LogP contribution in [0.5, 0.6) is 0 Å². The fourth-order valence-corrected chi connectivity index (χ4v) is 2.78. The molecule has 1 fully saturated rings. The summed E-state index contributed by atoms with van der Waals surface area (Å²) in [5.74, 6) is -0.256. The molecule has 0 bridgehead atoms. The fraction of sp³-hybridized carbons (Fsp3) is 0.538. The van der Waals surface area contributed by atoms with Crippen molar-refractivity contribution in [2.45, 2.75) is 45.1 Å². The molecular weight excluding hydrogens is 217 g/mol. The zero-order valence-corrected chi connectivity index (χ0v) is 9.99. The van der Waals surface area contributed by atoms with Crippen molar-refractivity contribution < 1.29 is 4.39 Å². The van der Waals surface area contributed by atoms with Crippen molar-refractivity contribution in [3.05, 3.63) is 23.9 Å². The van der Waals surface area contributed by atoms with Crippen molar-refractivity contribution in [2.24, 2.45) is 0 Å². The van der Waals surface area contributed by atoms with E-state index in [4.69, 9.17) is 0 Å². The molecule has 2 aromatic heterocycles. The lowest BCUT2D eigenvalue weighted by Crippen LogP contribution is -2.14. The summed E-state index contributed by atoms with van der Waals surface area (Å²) in [5.41, 5.74) is 1.50. The number of hydrogen-bond acceptors (Lipinski definition) is 2. The third kappa shape index (κ3) is 1.72. The van der Waals surface area contributed by atoms with Crippen LogP contribution in [0.1, 0.15) is 43.8 Å². The topological polar surface area (TPSA) is 30.7 Å². The first-order chi connectivity index (χ1) is 8.27. The molecular formula is C13H16FN3. The van der Waals surface area contributed by atoms with E-state index in [9.17, 15) is 4.39 Å². The van der Waals surface area contributed by atoms with Gasteiger partial charge in [-0.15, -0.1) is 0 Å². The van der Waals surface area contributed by atoms with Crippen LogP contribution in [-0.2, 0) is 0 Å². The van der Waals surface area contributed by atoms with Crippen LogP contribution < -0.4 is 0 Å². The highest BCUT2D eigenvalue weighted by molar-refractivity contribution is 5.81. The molecule has 1 saturated carbocycles. The molecule has 0 spiro atoms. The summed E-state index contributed by atoms with van der Waals surface area (Å²) in [4.78, 5) is 3.90. The molecule has 2 heterocycles. The number of fused-ring (bicyclic) bond motifs is 1. The number of pyridine rings is 1. The molecule has 0 unspecified atom stereocenters. The average Bonchev–Trinajstić information content (AvgIpc) is 2.70. The summed E-state index contributed by atoms with van der Waals surface area (Å²) in [7, 11) is 0. The van der Waals surface area contributed by atoms with Crippen molar-refractivity contribution in [2.75, 3.05) is 0 Å². The van der Waals surface area contributed by atoms with E-state index in [-0.39, 0.29) is 5.82 Å². The van der Waals surface area contributed by atoms with Gasteiger partial charge >= 0.3 is 0 Å². The molecule has 3 rings (SSSR count). The van der Waals surface area contributed by atoms with E-state index in [1.807, 2.05) is 11.6 Å². The lowest BCUT2D eigenvalue weighted by atomic mass is 9.95. The third-order valence-corrected chi connectivity index (χ3v) is 3.67. The predicted octanol–water partition coefficient (Wildman–Crippen LogP) is 3.38. The molecule has 4 heteroatoms. The van der Waals surface area contributed by atoms with Gasteiger partial charge in [-0.2, -0.15) is 5.10 Å². The van der Waals surface area contributed by atoms with Gasteiger partial charge in [0.2, 0.25) is 0 Å². The molecule has 0 aromatic carbocycles. The molecule has 0 amide bonds. The first-order valence-electron chi connectivity index (χ1n) is 6.25. The Morgan fingerprint density at radius 2 is 2.00 bits per heavy atom. The number of nitrogens with zero attached hydrogens (tertiary/aromatic N) is 3. The summed E-state index contributed by atoms with van der Waals surface area (Å²) in [6, 6.07) is 0.358. The van der Waals surface area contributed by atoms with Crippen LogP contribution in [0.25, 0.3) is 10.9 Å². The van der Waals surface area contributed by atoms with Gasteiger partial charge in [-0.1, -0.05) is 19.3 Å². The van der Waals surface area contributed by atoms with E-state index < -0.39 is 0 Å². The van der Waals surface area contributed by atoms with Gasteiger partial charge in [-0.3, -0.25) is 9.67 Å². The zero-order valence-electron chi connectivity index (χ0n) is 9.99. The predicted molar refractivity (Wildman–Crippen MR) is 64.3 cm³/mol. The maximum atomic E-state index is 13.9. The first kappa shape index (κ1) is 10.7. The van der Waals surface area contributed by atoms with E-state index in [1.165, 1.54) is 25.5 Å². The molecule has 0 atom stereocenters. The number of aromatic nitrogens is 3. The van der Waals surface area contributed by atoms with Gasteiger partial charge in [-0.25, -0.2) is 4.39 Å². The Morgan fingerprint density at radius 3 is 2.76 bits per heavy atom. The monoisotopic (exact) mass is 233 g/mol. The highest BCUT2D eigenvalue weighted by atomic mass is 19.1. The van der Waals surface area contributed by atoms with Crippen molar-refractivity contribution in [1.82, 2.24) is 14.8 Å². The maximum absolute atomic E-state index is 13.9. The Morgan fingerprint density at radius 1 is 1.24 bits per heavy atom. The second-order valence-electron chi connectivity index (χ2n) is 4.84. The van der Waals surface area contributed by atoms with Crippen LogP contribution in [0.15, 0.2) is 12.4 Å². The smallest absolute Gasteiger partial charge is 0.167 e. The molecule has 0 aliphatic heterocycles. The van der Waals surface area contributed by atoms with Gasteiger partial charge in [-0.05, 0) is 19.8 Å². The van der Waals surface area contributed by atoms with Crippen molar-refractivity contribution >= 4 is 10.9 Å². The summed E-state index contributed by atoms with van der Waals surface area (Å²) in [6.07, 6.45) is 8.94. The summed E-state index contributed by atoms with van der Waals surface area (Å²) in [5, 5.41) is 5.35. The lowest BCUT2D eigenvalue weighted by Gasteiger charge is -2.22. The molecule has 90 valence electrons. The van der Waals surface area contributed by atoms with E-state index in [2.05, 4.69) is 10.1 Å². The van der Waals surface area contributed by atoms with Crippen LogP contribution in [0.4, 0.5) is 4.39 Å². The van der Waals surface area contributed by atoms with Crippen LogP contribution in [-0.4, -0.2) is 14.8 Å². The highest BCUT2D eigenvalue weighted by Gasteiger charge is 2.21. The normalized spacial score (nSPS) is 17.8. The molecule has 0 radical (unpaired) electrons. The number of halogens is 1. The van der Waals surface area contributed by atoms with Crippen LogP contribution >= 0.6 is 0 Å². The quantitative estimate of drug-likeness (QED) is 0.756. The molecule has 2 aromatic rings. The number of hydrogen-bond donors (Lipinski definition) is 0. The first-order valence-corrected chi connectivity index (χ1v) is 6.25. The second kappa shape index (κ2) is 4.09. The molecule has 0 N–H and O–H groups in total. The van der Waals surface area contributed by atoms with Gasteiger partial charge in [0.15, 0.2) is 5.82 Å². The summed E-state index contributed by atoms with van der Waals surface area (Å²) in [6.45, 7) is 1.92. The van der Waals surface area contributed by atoms with Crippen molar-refractivity contribution in [3.63, 3.8) is 0 Å². The average molecular weight is 233 g/mol. The van der Waals surface area contributed by atoms with Gasteiger partial charge < -0.3 is 0 Å². The SMILES string of the molecule is Cc1nn(C2CCCCC2)c2c(F)cncc12.